The van der Waals surface area contributed by atoms with Gasteiger partial charge in [0.15, 0.2) is 3.92 Å². The minimum atomic E-state index is -0.328. The van der Waals surface area contributed by atoms with Crippen molar-refractivity contribution in [3.63, 3.8) is 0 Å². The first-order chi connectivity index (χ1) is 6.09. The van der Waals surface area contributed by atoms with E-state index < -0.39 is 0 Å². The highest BCUT2D eigenvalue weighted by atomic mass is 79.9. The standard InChI is InChI=1S/C6H3BrClN3OS/c1-2-3(8)4(12)11-6(9-2)13-5(7)10-11/h1H3. The Kier molecular flexibility index (Phi) is 2.13. The number of fused-ring (bicyclic) bond motifs is 1. The zero-order valence-corrected chi connectivity index (χ0v) is 9.57. The van der Waals surface area contributed by atoms with E-state index in [1.807, 2.05) is 0 Å². The molecule has 0 radical (unpaired) electrons. The lowest BCUT2D eigenvalue weighted by molar-refractivity contribution is 0.881. The van der Waals surface area contributed by atoms with Crippen LogP contribution in [0.1, 0.15) is 5.69 Å². The molecule has 0 saturated carbocycles. The van der Waals surface area contributed by atoms with Crippen LogP contribution < -0.4 is 5.56 Å². The maximum atomic E-state index is 11.5. The van der Waals surface area contributed by atoms with E-state index in [1.165, 1.54) is 15.9 Å². The minimum absolute atomic E-state index is 0.121. The smallest absolute Gasteiger partial charge is 0.266 e. The molecule has 2 aromatic heterocycles. The zero-order valence-electron chi connectivity index (χ0n) is 6.41. The molecule has 0 aromatic carbocycles. The molecular formula is C6H3BrClN3OS. The van der Waals surface area contributed by atoms with Crippen LogP contribution in [-0.2, 0) is 0 Å². The van der Waals surface area contributed by atoms with Gasteiger partial charge in [-0.15, -0.1) is 5.10 Å². The van der Waals surface area contributed by atoms with E-state index in [0.29, 0.717) is 14.6 Å². The highest BCUT2D eigenvalue weighted by molar-refractivity contribution is 9.11. The Morgan fingerprint density at radius 1 is 1.62 bits per heavy atom. The third-order valence-corrected chi connectivity index (χ3v) is 3.27. The maximum Gasteiger partial charge on any atom is 0.294 e. The molecule has 0 N–H and O–H groups in total. The zero-order chi connectivity index (χ0) is 9.59. The Bertz CT molecular complexity index is 534. The van der Waals surface area contributed by atoms with Gasteiger partial charge in [0.25, 0.3) is 5.56 Å². The maximum absolute atomic E-state index is 11.5. The highest BCUT2D eigenvalue weighted by Gasteiger charge is 2.10. The van der Waals surface area contributed by atoms with Gasteiger partial charge in [0.1, 0.15) is 5.02 Å². The lowest BCUT2D eigenvalue weighted by Crippen LogP contribution is -2.16. The van der Waals surface area contributed by atoms with E-state index >= 15 is 0 Å². The van der Waals surface area contributed by atoms with E-state index in [-0.39, 0.29) is 10.6 Å². The SMILES string of the molecule is Cc1nc2sc(Br)nn2c(=O)c1Cl. The predicted octanol–water partition coefficient (Wildman–Crippen LogP) is 1.88. The van der Waals surface area contributed by atoms with Gasteiger partial charge in [-0.2, -0.15) is 4.52 Å². The summed E-state index contributed by atoms with van der Waals surface area (Å²) in [5.41, 5.74) is 0.203. The second kappa shape index (κ2) is 3.04. The van der Waals surface area contributed by atoms with Crippen molar-refractivity contribution < 1.29 is 0 Å². The molecule has 0 aliphatic rings. The molecule has 68 valence electrons. The number of hydrogen-bond donors (Lipinski definition) is 0. The van der Waals surface area contributed by atoms with E-state index in [0.717, 1.165) is 0 Å². The average Bonchev–Trinajstić information content (AvgIpc) is 2.42. The molecule has 0 fully saturated rings. The molecule has 2 rings (SSSR count). The summed E-state index contributed by atoms with van der Waals surface area (Å²) in [6.07, 6.45) is 0. The summed E-state index contributed by atoms with van der Waals surface area (Å²) in [5.74, 6) is 0. The van der Waals surface area contributed by atoms with Crippen LogP contribution >= 0.6 is 38.9 Å². The summed E-state index contributed by atoms with van der Waals surface area (Å²) in [6, 6.07) is 0. The molecule has 0 saturated heterocycles. The molecule has 0 bridgehead atoms. The summed E-state index contributed by atoms with van der Waals surface area (Å²) in [7, 11) is 0. The lowest BCUT2D eigenvalue weighted by Gasteiger charge is -1.94. The van der Waals surface area contributed by atoms with Crippen LogP contribution in [0, 0.1) is 6.92 Å². The fraction of sp³-hybridized carbons (Fsp3) is 0.167. The van der Waals surface area contributed by atoms with Gasteiger partial charge in [0.2, 0.25) is 4.96 Å². The van der Waals surface area contributed by atoms with Crippen LogP contribution in [-0.4, -0.2) is 14.6 Å². The Morgan fingerprint density at radius 2 is 2.31 bits per heavy atom. The molecule has 4 nitrogen and oxygen atoms in total. The molecule has 0 aliphatic heterocycles. The third kappa shape index (κ3) is 1.38. The second-order valence-electron chi connectivity index (χ2n) is 2.37. The Hall–Kier alpha value is -0.460. The Balaban J connectivity index is 3.01. The molecule has 2 heterocycles. The van der Waals surface area contributed by atoms with Crippen LogP contribution in [0.4, 0.5) is 0 Å². The third-order valence-electron chi connectivity index (χ3n) is 1.50. The second-order valence-corrected chi connectivity index (χ2v) is 4.98. The molecule has 0 spiro atoms. The molecule has 0 atom stereocenters. The Morgan fingerprint density at radius 3 is 3.00 bits per heavy atom. The summed E-state index contributed by atoms with van der Waals surface area (Å²) in [4.78, 5) is 16.1. The van der Waals surface area contributed by atoms with Crippen molar-refractivity contribution >= 4 is 43.8 Å². The van der Waals surface area contributed by atoms with Crippen molar-refractivity contribution in [1.82, 2.24) is 14.6 Å². The monoisotopic (exact) mass is 279 g/mol. The van der Waals surface area contributed by atoms with Crippen LogP contribution in [0.15, 0.2) is 8.71 Å². The molecular weight excluding hydrogens is 278 g/mol. The van der Waals surface area contributed by atoms with Gasteiger partial charge in [-0.1, -0.05) is 22.9 Å². The van der Waals surface area contributed by atoms with Crippen molar-refractivity contribution in [3.8, 4) is 0 Å². The predicted molar refractivity (Wildman–Crippen MR) is 54.6 cm³/mol. The van der Waals surface area contributed by atoms with Gasteiger partial charge in [-0.05, 0) is 22.9 Å². The normalized spacial score (nSPS) is 11.0. The van der Waals surface area contributed by atoms with Crippen molar-refractivity contribution in [2.45, 2.75) is 6.92 Å². The first-order valence-electron chi connectivity index (χ1n) is 3.31. The summed E-state index contributed by atoms with van der Waals surface area (Å²) >= 11 is 10.2. The fourth-order valence-corrected chi connectivity index (χ4v) is 2.28. The first-order valence-corrected chi connectivity index (χ1v) is 5.30. The van der Waals surface area contributed by atoms with Crippen molar-refractivity contribution in [2.24, 2.45) is 0 Å². The summed E-state index contributed by atoms with van der Waals surface area (Å²) < 4.78 is 1.79. The van der Waals surface area contributed by atoms with E-state index in [9.17, 15) is 4.79 Å². The number of hydrogen-bond acceptors (Lipinski definition) is 4. The van der Waals surface area contributed by atoms with Gasteiger partial charge in [-0.3, -0.25) is 4.79 Å². The van der Waals surface area contributed by atoms with Crippen molar-refractivity contribution in [1.29, 1.82) is 0 Å². The quantitative estimate of drug-likeness (QED) is 0.740. The topological polar surface area (TPSA) is 47.3 Å². The highest BCUT2D eigenvalue weighted by Crippen LogP contribution is 2.18. The molecule has 7 heteroatoms. The first kappa shape index (κ1) is 9.11. The van der Waals surface area contributed by atoms with Gasteiger partial charge < -0.3 is 0 Å². The molecule has 0 aliphatic carbocycles. The van der Waals surface area contributed by atoms with Gasteiger partial charge in [-0.25, -0.2) is 4.98 Å². The Labute approximate surface area is 90.3 Å². The summed E-state index contributed by atoms with van der Waals surface area (Å²) in [6.45, 7) is 1.69. The number of aromatic nitrogens is 3. The van der Waals surface area contributed by atoms with E-state index in [4.69, 9.17) is 11.6 Å². The average molecular weight is 281 g/mol. The van der Waals surface area contributed by atoms with Crippen molar-refractivity contribution in [3.05, 3.63) is 25.0 Å². The number of halogens is 2. The number of aryl methyl sites for hydroxylation is 1. The number of rotatable bonds is 0. The van der Waals surface area contributed by atoms with Crippen LogP contribution in [0.3, 0.4) is 0 Å². The molecule has 13 heavy (non-hydrogen) atoms. The van der Waals surface area contributed by atoms with E-state index in [1.54, 1.807) is 6.92 Å². The van der Waals surface area contributed by atoms with Gasteiger partial charge >= 0.3 is 0 Å². The molecule has 0 amide bonds. The summed E-state index contributed by atoms with van der Waals surface area (Å²) in [5, 5.41) is 4.03. The minimum Gasteiger partial charge on any atom is -0.266 e. The van der Waals surface area contributed by atoms with Crippen LogP contribution in [0.5, 0.6) is 0 Å². The van der Waals surface area contributed by atoms with Gasteiger partial charge in [0, 0.05) is 0 Å². The van der Waals surface area contributed by atoms with Crippen LogP contribution in [0.25, 0.3) is 4.96 Å². The lowest BCUT2D eigenvalue weighted by atomic mass is 10.4. The molecule has 0 unspecified atom stereocenters. The van der Waals surface area contributed by atoms with Crippen LogP contribution in [0.2, 0.25) is 5.02 Å². The fourth-order valence-electron chi connectivity index (χ4n) is 0.903. The number of nitrogens with zero attached hydrogens (tertiary/aromatic N) is 3. The molecule has 2 aromatic rings. The van der Waals surface area contributed by atoms with Gasteiger partial charge in [0.05, 0.1) is 5.69 Å². The van der Waals surface area contributed by atoms with Crippen molar-refractivity contribution in [2.75, 3.05) is 0 Å². The largest absolute Gasteiger partial charge is 0.294 e. The van der Waals surface area contributed by atoms with E-state index in [2.05, 4.69) is 26.0 Å².